The number of hydrogen-bond donors (Lipinski definition) is 1. The van der Waals surface area contributed by atoms with Crippen LogP contribution in [0.1, 0.15) is 74.2 Å². The quantitative estimate of drug-likeness (QED) is 0.376. The zero-order valence-corrected chi connectivity index (χ0v) is 21.3. The highest BCUT2D eigenvalue weighted by molar-refractivity contribution is 7.14. The molecule has 3 aromatic rings. The van der Waals surface area contributed by atoms with Crippen LogP contribution in [0.2, 0.25) is 0 Å². The molecule has 0 saturated carbocycles. The summed E-state index contributed by atoms with van der Waals surface area (Å²) in [6.45, 7) is 8.64. The van der Waals surface area contributed by atoms with Gasteiger partial charge in [0.15, 0.2) is 9.75 Å². The highest BCUT2D eigenvalue weighted by atomic mass is 32.1. The van der Waals surface area contributed by atoms with Crippen molar-refractivity contribution in [1.29, 1.82) is 0 Å². The number of rotatable bonds is 7. The first-order valence-electron chi connectivity index (χ1n) is 10.5. The van der Waals surface area contributed by atoms with Crippen molar-refractivity contribution in [3.8, 4) is 11.5 Å². The summed E-state index contributed by atoms with van der Waals surface area (Å²) in [6.07, 6.45) is 0. The molecule has 2 aromatic heterocycles. The van der Waals surface area contributed by atoms with Gasteiger partial charge in [-0.05, 0) is 29.5 Å². The van der Waals surface area contributed by atoms with E-state index >= 15 is 0 Å². The molecule has 6 nitrogen and oxygen atoms in total. The molecule has 0 spiro atoms. The average Bonchev–Trinajstić information content (AvgIpc) is 3.42. The van der Waals surface area contributed by atoms with Crippen molar-refractivity contribution >= 4 is 34.6 Å². The maximum absolute atomic E-state index is 11.8. The van der Waals surface area contributed by atoms with Crippen molar-refractivity contribution in [1.82, 2.24) is 0 Å². The minimum atomic E-state index is -0.477. The van der Waals surface area contributed by atoms with Gasteiger partial charge in [0.1, 0.15) is 18.1 Å². The topological polar surface area (TPSA) is 82.1 Å². The fourth-order valence-electron chi connectivity index (χ4n) is 2.68. The van der Waals surface area contributed by atoms with Gasteiger partial charge < -0.3 is 19.3 Å². The lowest BCUT2D eigenvalue weighted by Gasteiger charge is -2.06. The minimum Gasteiger partial charge on any atom is -0.506 e. The summed E-state index contributed by atoms with van der Waals surface area (Å²) in [5.41, 5.74) is 1.07. The Morgan fingerprint density at radius 2 is 1.36 bits per heavy atom. The summed E-state index contributed by atoms with van der Waals surface area (Å²) in [5.74, 6) is 0.473. The van der Waals surface area contributed by atoms with Gasteiger partial charge in [-0.2, -0.15) is 0 Å². The van der Waals surface area contributed by atoms with Crippen molar-refractivity contribution in [3.05, 3.63) is 67.5 Å². The summed E-state index contributed by atoms with van der Waals surface area (Å²) in [7, 11) is 2.69. The van der Waals surface area contributed by atoms with E-state index in [-0.39, 0.29) is 16.6 Å². The van der Waals surface area contributed by atoms with Crippen LogP contribution < -0.4 is 4.74 Å². The lowest BCUT2D eigenvalue weighted by Crippen LogP contribution is -2.02. The third-order valence-corrected chi connectivity index (χ3v) is 7.37. The third-order valence-electron chi connectivity index (χ3n) is 4.57. The van der Waals surface area contributed by atoms with E-state index in [0.29, 0.717) is 29.1 Å². The first kappa shape index (κ1) is 26.4. The van der Waals surface area contributed by atoms with E-state index in [4.69, 9.17) is 9.47 Å². The molecule has 0 unspecified atom stereocenters. The van der Waals surface area contributed by atoms with Gasteiger partial charge in [-0.15, -0.1) is 22.7 Å². The summed E-state index contributed by atoms with van der Waals surface area (Å²) in [4.78, 5) is 25.8. The minimum absolute atomic E-state index is 0.0144. The van der Waals surface area contributed by atoms with Crippen molar-refractivity contribution in [2.24, 2.45) is 0 Å². The predicted octanol–water partition coefficient (Wildman–Crippen LogP) is 6.60. The second kappa shape index (κ2) is 12.4. The van der Waals surface area contributed by atoms with E-state index in [1.165, 1.54) is 36.9 Å². The lowest BCUT2D eigenvalue weighted by molar-refractivity contribution is 0.0593. The molecule has 0 fully saturated rings. The molecule has 178 valence electrons. The molecule has 0 radical (unpaired) electrons. The molecule has 0 aliphatic heterocycles. The highest BCUT2D eigenvalue weighted by Gasteiger charge is 2.20. The fourth-order valence-corrected chi connectivity index (χ4v) is 4.67. The number of esters is 2. The van der Waals surface area contributed by atoms with Gasteiger partial charge in [0, 0.05) is 9.75 Å². The maximum atomic E-state index is 11.8. The predicted molar refractivity (Wildman–Crippen MR) is 132 cm³/mol. The molecule has 1 N–H and O–H groups in total. The number of carbonyl (C=O) groups excluding carboxylic acids is 2. The first-order chi connectivity index (χ1) is 15.7. The summed E-state index contributed by atoms with van der Waals surface area (Å²) in [6, 6.07) is 13.4. The van der Waals surface area contributed by atoms with Gasteiger partial charge in [-0.25, -0.2) is 9.59 Å². The Morgan fingerprint density at radius 3 is 1.88 bits per heavy atom. The molecular formula is C25H30O6S2. The van der Waals surface area contributed by atoms with Gasteiger partial charge in [-0.3, -0.25) is 0 Å². The van der Waals surface area contributed by atoms with Gasteiger partial charge in [0.05, 0.1) is 14.2 Å². The molecule has 8 heteroatoms. The Labute approximate surface area is 202 Å². The molecule has 3 rings (SSSR count). The van der Waals surface area contributed by atoms with Crippen LogP contribution in [-0.2, 0) is 16.1 Å². The van der Waals surface area contributed by atoms with Crippen molar-refractivity contribution in [3.63, 3.8) is 0 Å². The zero-order chi connectivity index (χ0) is 24.5. The smallest absolute Gasteiger partial charge is 0.351 e. The Balaban J connectivity index is 0.000000257. The highest BCUT2D eigenvalue weighted by Crippen LogP contribution is 2.35. The van der Waals surface area contributed by atoms with E-state index in [2.05, 4.69) is 18.6 Å². The molecule has 0 aliphatic rings. The molecule has 1 aromatic carbocycles. The van der Waals surface area contributed by atoms with Crippen LogP contribution in [0.4, 0.5) is 0 Å². The molecular weight excluding hydrogens is 460 g/mol. The SMILES string of the molecule is COC(=O)c1sc(C(C)C)cc1O.COC(=O)c1sc(C(C)C)cc1OCc1ccccc1. The largest absolute Gasteiger partial charge is 0.506 e. The number of aromatic hydroxyl groups is 1. The van der Waals surface area contributed by atoms with Gasteiger partial charge in [0.2, 0.25) is 0 Å². The number of thiophene rings is 2. The molecule has 2 heterocycles. The van der Waals surface area contributed by atoms with E-state index in [1.807, 2.05) is 50.2 Å². The molecule has 33 heavy (non-hydrogen) atoms. The number of ether oxygens (including phenoxy) is 3. The number of carbonyl (C=O) groups is 2. The molecule has 0 aliphatic carbocycles. The van der Waals surface area contributed by atoms with Crippen molar-refractivity contribution in [2.45, 2.75) is 46.1 Å². The zero-order valence-electron chi connectivity index (χ0n) is 19.7. The third kappa shape index (κ3) is 7.33. The van der Waals surface area contributed by atoms with Crippen LogP contribution in [0.15, 0.2) is 42.5 Å². The summed E-state index contributed by atoms with van der Waals surface area (Å²) < 4.78 is 15.1. The van der Waals surface area contributed by atoms with Crippen molar-refractivity contribution < 1.29 is 28.9 Å². The van der Waals surface area contributed by atoms with Crippen molar-refractivity contribution in [2.75, 3.05) is 14.2 Å². The van der Waals surface area contributed by atoms with Gasteiger partial charge >= 0.3 is 11.9 Å². The van der Waals surface area contributed by atoms with Gasteiger partial charge in [0.25, 0.3) is 0 Å². The monoisotopic (exact) mass is 490 g/mol. The molecule has 0 bridgehead atoms. The Bertz CT molecular complexity index is 1050. The normalized spacial score (nSPS) is 10.5. The maximum Gasteiger partial charge on any atom is 0.351 e. The molecule has 0 saturated heterocycles. The second-order valence-corrected chi connectivity index (χ2v) is 9.94. The first-order valence-corrected chi connectivity index (χ1v) is 12.1. The summed E-state index contributed by atoms with van der Waals surface area (Å²) in [5, 5.41) is 9.39. The van der Waals surface area contributed by atoms with E-state index in [1.54, 1.807) is 6.07 Å². The van der Waals surface area contributed by atoms with Crippen LogP contribution in [0.5, 0.6) is 11.5 Å². The van der Waals surface area contributed by atoms with Crippen LogP contribution in [-0.4, -0.2) is 31.3 Å². The van der Waals surface area contributed by atoms with Crippen LogP contribution >= 0.6 is 22.7 Å². The Kier molecular flexibility index (Phi) is 9.94. The van der Waals surface area contributed by atoms with Crippen LogP contribution in [0.25, 0.3) is 0 Å². The van der Waals surface area contributed by atoms with E-state index in [0.717, 1.165) is 15.3 Å². The number of hydrogen-bond acceptors (Lipinski definition) is 8. The standard InChI is InChI=1S/C16H18O3S.C9H12O3S/c1-11(2)14-9-13(15(20-14)16(17)18-3)19-10-12-7-5-4-6-8-12;1-5(2)7-4-6(10)8(13-7)9(11)12-3/h4-9,11H,10H2,1-3H3;4-5,10H,1-3H3. The Hall–Kier alpha value is -2.84. The van der Waals surface area contributed by atoms with E-state index < -0.39 is 5.97 Å². The molecule has 0 atom stereocenters. The number of benzene rings is 1. The summed E-state index contributed by atoms with van der Waals surface area (Å²) >= 11 is 2.71. The second-order valence-electron chi connectivity index (χ2n) is 7.77. The Morgan fingerprint density at radius 1 is 0.848 bits per heavy atom. The fraction of sp³-hybridized carbons (Fsp3) is 0.360. The number of methoxy groups -OCH3 is 2. The van der Waals surface area contributed by atoms with Crippen LogP contribution in [0.3, 0.4) is 0 Å². The average molecular weight is 491 g/mol. The lowest BCUT2D eigenvalue weighted by atomic mass is 10.2. The van der Waals surface area contributed by atoms with E-state index in [9.17, 15) is 14.7 Å². The molecule has 0 amide bonds. The van der Waals surface area contributed by atoms with Crippen LogP contribution in [0, 0.1) is 0 Å². The van der Waals surface area contributed by atoms with Gasteiger partial charge in [-0.1, -0.05) is 58.0 Å².